The number of aromatic nitrogens is 3. The Morgan fingerprint density at radius 3 is 2.42 bits per heavy atom. The van der Waals surface area contributed by atoms with Gasteiger partial charge in [-0.2, -0.15) is 5.10 Å². The second kappa shape index (κ2) is 9.72. The number of ether oxygens (including phenoxy) is 2. The second-order valence-corrected chi connectivity index (χ2v) is 8.01. The zero-order valence-electron chi connectivity index (χ0n) is 18.9. The number of H-pyrrole nitrogens is 1. The Bertz CT molecular complexity index is 1110. The monoisotopic (exact) mass is 449 g/mol. The lowest BCUT2D eigenvalue weighted by Gasteiger charge is -2.22. The van der Waals surface area contributed by atoms with Crippen LogP contribution in [-0.2, 0) is 11.2 Å². The van der Waals surface area contributed by atoms with Gasteiger partial charge < -0.3 is 19.7 Å². The number of hydrogen-bond acceptors (Lipinski definition) is 6. The zero-order valence-corrected chi connectivity index (χ0v) is 18.9. The fourth-order valence-electron chi connectivity index (χ4n) is 4.07. The largest absolute Gasteiger partial charge is 0.497 e. The summed E-state index contributed by atoms with van der Waals surface area (Å²) >= 11 is 0. The van der Waals surface area contributed by atoms with Crippen molar-refractivity contribution in [1.82, 2.24) is 25.4 Å². The summed E-state index contributed by atoms with van der Waals surface area (Å²) in [6.07, 6.45) is 0.690. The lowest BCUT2D eigenvalue weighted by Crippen LogP contribution is -2.39. The summed E-state index contributed by atoms with van der Waals surface area (Å²) in [6, 6.07) is 13.9. The van der Waals surface area contributed by atoms with Crippen LogP contribution in [0.5, 0.6) is 11.5 Å². The molecule has 0 saturated carbocycles. The van der Waals surface area contributed by atoms with E-state index in [0.29, 0.717) is 41.7 Å². The van der Waals surface area contributed by atoms with E-state index < -0.39 is 0 Å². The fourth-order valence-corrected chi connectivity index (χ4v) is 4.07. The number of hydrogen-bond donors (Lipinski definition) is 2. The number of nitrogens with one attached hydrogen (secondary N) is 2. The van der Waals surface area contributed by atoms with Crippen LogP contribution in [0.1, 0.15) is 40.0 Å². The van der Waals surface area contributed by atoms with E-state index in [1.54, 1.807) is 37.3 Å². The summed E-state index contributed by atoms with van der Waals surface area (Å²) in [5, 5.41) is 10.2. The highest BCUT2D eigenvalue weighted by atomic mass is 16.5. The van der Waals surface area contributed by atoms with Crippen LogP contribution in [0.4, 0.5) is 0 Å². The van der Waals surface area contributed by atoms with Crippen molar-refractivity contribution >= 4 is 11.8 Å². The number of carbonyl (C=O) groups is 2. The molecular weight excluding hydrogens is 422 g/mol. The van der Waals surface area contributed by atoms with Crippen molar-refractivity contribution in [3.05, 3.63) is 71.3 Å². The highest BCUT2D eigenvalue weighted by Gasteiger charge is 2.39. The molecule has 1 aliphatic rings. The van der Waals surface area contributed by atoms with Crippen LogP contribution in [0, 0.1) is 6.92 Å². The lowest BCUT2D eigenvalue weighted by atomic mass is 10.1. The third-order valence-electron chi connectivity index (χ3n) is 5.67. The highest BCUT2D eigenvalue weighted by molar-refractivity contribution is 5.94. The van der Waals surface area contributed by atoms with Crippen molar-refractivity contribution in [1.29, 1.82) is 0 Å². The number of amides is 2. The van der Waals surface area contributed by atoms with Crippen molar-refractivity contribution in [3.63, 3.8) is 0 Å². The fraction of sp³-hybridized carbons (Fsp3) is 0.333. The molecule has 2 unspecified atom stereocenters. The summed E-state index contributed by atoms with van der Waals surface area (Å²) in [5.74, 6) is 2.19. The lowest BCUT2D eigenvalue weighted by molar-refractivity contribution is -0.131. The van der Waals surface area contributed by atoms with Crippen molar-refractivity contribution in [2.45, 2.75) is 31.8 Å². The maximum Gasteiger partial charge on any atom is 0.251 e. The van der Waals surface area contributed by atoms with Gasteiger partial charge in [0.1, 0.15) is 17.3 Å². The molecule has 1 fully saturated rings. The van der Waals surface area contributed by atoms with Gasteiger partial charge in [-0.15, -0.1) is 0 Å². The molecule has 2 atom stereocenters. The second-order valence-electron chi connectivity index (χ2n) is 8.01. The van der Waals surface area contributed by atoms with E-state index in [1.165, 1.54) is 0 Å². The van der Waals surface area contributed by atoms with Gasteiger partial charge in [0.05, 0.1) is 26.7 Å². The zero-order chi connectivity index (χ0) is 23.4. The van der Waals surface area contributed by atoms with E-state index >= 15 is 0 Å². The van der Waals surface area contributed by atoms with E-state index in [2.05, 4.69) is 20.5 Å². The summed E-state index contributed by atoms with van der Waals surface area (Å²) in [5.41, 5.74) is 1.36. The maximum absolute atomic E-state index is 13.4. The van der Waals surface area contributed by atoms with Gasteiger partial charge in [0.2, 0.25) is 5.91 Å². The van der Waals surface area contributed by atoms with Gasteiger partial charge in [0.15, 0.2) is 5.82 Å². The molecule has 9 heteroatoms. The Hall–Kier alpha value is -3.88. The van der Waals surface area contributed by atoms with Gasteiger partial charge in [-0.25, -0.2) is 4.98 Å². The minimum absolute atomic E-state index is 0.0887. The van der Waals surface area contributed by atoms with Crippen molar-refractivity contribution in [2.24, 2.45) is 0 Å². The molecule has 172 valence electrons. The molecule has 4 rings (SSSR count). The Labute approximate surface area is 192 Å². The van der Waals surface area contributed by atoms with Crippen LogP contribution in [0.2, 0.25) is 0 Å². The number of aryl methyl sites for hydroxylation is 1. The average Bonchev–Trinajstić information content (AvgIpc) is 3.45. The number of methoxy groups -OCH3 is 2. The Kier molecular flexibility index (Phi) is 6.58. The van der Waals surface area contributed by atoms with Gasteiger partial charge in [0, 0.05) is 24.2 Å². The first-order valence-electron chi connectivity index (χ1n) is 10.7. The predicted octanol–water partition coefficient (Wildman–Crippen LogP) is 2.45. The van der Waals surface area contributed by atoms with Crippen LogP contribution < -0.4 is 14.8 Å². The number of benzene rings is 2. The van der Waals surface area contributed by atoms with Gasteiger partial charge in [0.25, 0.3) is 5.91 Å². The number of aromatic amines is 1. The standard InChI is InChI=1S/C24H27N5O4/c1-15-25-23(28-27-15)21-12-18(26-24(31)17-7-5-4-6-8-17)14-29(21)22(30)11-16-9-19(32-2)13-20(10-16)33-3/h4-10,13,18,21H,11-12,14H2,1-3H3,(H,26,31)(H,25,27,28). The molecule has 33 heavy (non-hydrogen) atoms. The van der Waals surface area contributed by atoms with Gasteiger partial charge >= 0.3 is 0 Å². The SMILES string of the molecule is COc1cc(CC(=O)N2CC(NC(=O)c3ccccc3)CC2c2n[nH]c(C)n2)cc(OC)c1. The Morgan fingerprint density at radius 2 is 1.82 bits per heavy atom. The smallest absolute Gasteiger partial charge is 0.251 e. The van der Waals surface area contributed by atoms with Crippen LogP contribution in [0.15, 0.2) is 48.5 Å². The molecule has 1 aliphatic heterocycles. The van der Waals surface area contributed by atoms with Crippen LogP contribution >= 0.6 is 0 Å². The average molecular weight is 450 g/mol. The molecule has 0 spiro atoms. The maximum atomic E-state index is 13.4. The molecule has 2 aromatic carbocycles. The first-order valence-corrected chi connectivity index (χ1v) is 10.7. The number of carbonyl (C=O) groups excluding carboxylic acids is 2. The van der Waals surface area contributed by atoms with Crippen molar-refractivity contribution in [3.8, 4) is 11.5 Å². The van der Waals surface area contributed by atoms with Gasteiger partial charge in [-0.1, -0.05) is 18.2 Å². The van der Waals surface area contributed by atoms with E-state index in [1.807, 2.05) is 37.3 Å². The first kappa shape index (κ1) is 22.3. The number of likely N-dealkylation sites (tertiary alicyclic amines) is 1. The van der Waals surface area contributed by atoms with Crippen molar-refractivity contribution < 1.29 is 19.1 Å². The molecule has 0 radical (unpaired) electrons. The predicted molar refractivity (Wildman–Crippen MR) is 121 cm³/mol. The molecule has 2 heterocycles. The highest BCUT2D eigenvalue weighted by Crippen LogP contribution is 2.32. The molecule has 2 amide bonds. The van der Waals surface area contributed by atoms with E-state index in [4.69, 9.17) is 9.47 Å². The molecule has 2 N–H and O–H groups in total. The summed E-state index contributed by atoms with van der Waals surface area (Å²) < 4.78 is 10.6. The summed E-state index contributed by atoms with van der Waals surface area (Å²) in [4.78, 5) is 32.2. The van der Waals surface area contributed by atoms with E-state index in [-0.39, 0.29) is 30.3 Å². The van der Waals surface area contributed by atoms with Crippen molar-refractivity contribution in [2.75, 3.05) is 20.8 Å². The quantitative estimate of drug-likeness (QED) is 0.573. The minimum atomic E-state index is -0.337. The molecule has 1 aromatic heterocycles. The molecule has 3 aromatic rings. The van der Waals surface area contributed by atoms with Crippen LogP contribution in [-0.4, -0.2) is 58.7 Å². The molecule has 1 saturated heterocycles. The molecule has 0 bridgehead atoms. The topological polar surface area (TPSA) is 109 Å². The molecule has 9 nitrogen and oxygen atoms in total. The van der Waals surface area contributed by atoms with Gasteiger partial charge in [-0.05, 0) is 43.2 Å². The summed E-state index contributed by atoms with van der Waals surface area (Å²) in [7, 11) is 3.14. The van der Waals surface area contributed by atoms with Crippen LogP contribution in [0.25, 0.3) is 0 Å². The molecular formula is C24H27N5O4. The van der Waals surface area contributed by atoms with Crippen LogP contribution in [0.3, 0.4) is 0 Å². The Balaban J connectivity index is 1.53. The van der Waals surface area contributed by atoms with Gasteiger partial charge in [-0.3, -0.25) is 14.7 Å². The number of nitrogens with zero attached hydrogens (tertiary/aromatic N) is 3. The summed E-state index contributed by atoms with van der Waals surface area (Å²) in [6.45, 7) is 2.19. The third-order valence-corrected chi connectivity index (χ3v) is 5.67. The number of rotatable bonds is 7. The minimum Gasteiger partial charge on any atom is -0.497 e. The Morgan fingerprint density at radius 1 is 1.12 bits per heavy atom. The van der Waals surface area contributed by atoms with E-state index in [0.717, 1.165) is 5.56 Å². The molecule has 0 aliphatic carbocycles. The first-order chi connectivity index (χ1) is 16.0. The van der Waals surface area contributed by atoms with E-state index in [9.17, 15) is 9.59 Å². The third kappa shape index (κ3) is 5.14. The normalized spacial score (nSPS) is 17.6.